The minimum atomic E-state index is -0.409. The van der Waals surface area contributed by atoms with Crippen molar-refractivity contribution >= 4 is 39.6 Å². The zero-order valence-electron chi connectivity index (χ0n) is 14.7. The summed E-state index contributed by atoms with van der Waals surface area (Å²) in [6.07, 6.45) is 0. The average Bonchev–Trinajstić information content (AvgIpc) is 2.62. The maximum absolute atomic E-state index is 12.4. The van der Waals surface area contributed by atoms with Crippen LogP contribution in [0.4, 0.5) is 17.1 Å². The third-order valence-corrected chi connectivity index (χ3v) is 4.00. The molecule has 2 amide bonds. The first kappa shape index (κ1) is 17.5. The smallest absolute Gasteiger partial charge is 0.246 e. The number of carbonyl (C=O) groups excluding carboxylic acids is 2. The summed E-state index contributed by atoms with van der Waals surface area (Å²) in [5.74, 6) is -0.236. The fourth-order valence-electron chi connectivity index (χ4n) is 2.69. The Balaban J connectivity index is 1.62. The molecule has 0 aliphatic carbocycles. The highest BCUT2D eigenvalue weighted by Gasteiger charge is 2.13. The van der Waals surface area contributed by atoms with E-state index in [1.165, 1.54) is 6.92 Å². The van der Waals surface area contributed by atoms with Gasteiger partial charge in [-0.3, -0.25) is 9.59 Å². The van der Waals surface area contributed by atoms with E-state index in [2.05, 4.69) is 16.0 Å². The van der Waals surface area contributed by atoms with Crippen LogP contribution in [-0.4, -0.2) is 17.9 Å². The Bertz CT molecular complexity index is 935. The van der Waals surface area contributed by atoms with Gasteiger partial charge in [0.05, 0.1) is 0 Å². The Morgan fingerprint density at radius 3 is 2.08 bits per heavy atom. The number of nitrogens with one attached hydrogen (secondary N) is 3. The summed E-state index contributed by atoms with van der Waals surface area (Å²) in [5, 5.41) is 11.0. The minimum absolute atomic E-state index is 0.117. The van der Waals surface area contributed by atoms with E-state index in [-0.39, 0.29) is 11.8 Å². The van der Waals surface area contributed by atoms with Crippen LogP contribution in [0.1, 0.15) is 13.8 Å². The SMILES string of the molecule is CC(=O)Nc1ccc(NC(C)C(=O)Nc2ccc3ccccc3c2)cc1. The lowest BCUT2D eigenvalue weighted by molar-refractivity contribution is -0.116. The monoisotopic (exact) mass is 347 g/mol. The van der Waals surface area contributed by atoms with Crippen LogP contribution in [0.5, 0.6) is 0 Å². The van der Waals surface area contributed by atoms with Crippen molar-refractivity contribution in [1.29, 1.82) is 0 Å². The van der Waals surface area contributed by atoms with Gasteiger partial charge in [0, 0.05) is 24.0 Å². The highest BCUT2D eigenvalue weighted by Crippen LogP contribution is 2.19. The zero-order valence-corrected chi connectivity index (χ0v) is 14.7. The van der Waals surface area contributed by atoms with Gasteiger partial charge in [0.15, 0.2) is 0 Å². The van der Waals surface area contributed by atoms with E-state index in [0.717, 1.165) is 27.8 Å². The van der Waals surface area contributed by atoms with Gasteiger partial charge < -0.3 is 16.0 Å². The molecule has 3 N–H and O–H groups in total. The molecule has 0 saturated carbocycles. The summed E-state index contributed by atoms with van der Waals surface area (Å²) in [6, 6.07) is 20.7. The highest BCUT2D eigenvalue weighted by molar-refractivity contribution is 5.98. The molecule has 0 heterocycles. The standard InChI is InChI=1S/C21H21N3O2/c1-14(22-18-9-11-19(12-10-18)23-15(2)25)21(26)24-20-8-7-16-5-3-4-6-17(16)13-20/h3-14,22H,1-2H3,(H,23,25)(H,24,26). The lowest BCUT2D eigenvalue weighted by atomic mass is 10.1. The van der Waals surface area contributed by atoms with Crippen LogP contribution in [0, 0.1) is 0 Å². The molecule has 3 aromatic carbocycles. The minimum Gasteiger partial charge on any atom is -0.374 e. The lowest BCUT2D eigenvalue weighted by Crippen LogP contribution is -2.31. The summed E-state index contributed by atoms with van der Waals surface area (Å²) in [6.45, 7) is 3.27. The molecule has 1 unspecified atom stereocenters. The largest absolute Gasteiger partial charge is 0.374 e. The number of amides is 2. The van der Waals surface area contributed by atoms with Gasteiger partial charge in [-0.1, -0.05) is 30.3 Å². The van der Waals surface area contributed by atoms with Crippen LogP contribution in [-0.2, 0) is 9.59 Å². The normalized spacial score (nSPS) is 11.6. The fourth-order valence-corrected chi connectivity index (χ4v) is 2.69. The molecule has 26 heavy (non-hydrogen) atoms. The molecule has 3 aromatic rings. The van der Waals surface area contributed by atoms with E-state index < -0.39 is 6.04 Å². The molecule has 5 nitrogen and oxygen atoms in total. The highest BCUT2D eigenvalue weighted by atomic mass is 16.2. The van der Waals surface area contributed by atoms with Crippen LogP contribution >= 0.6 is 0 Å². The molecule has 5 heteroatoms. The number of carbonyl (C=O) groups is 2. The summed E-state index contributed by atoms with van der Waals surface area (Å²) in [5.41, 5.74) is 2.29. The third kappa shape index (κ3) is 4.39. The molecule has 0 aromatic heterocycles. The molecule has 0 aliphatic heterocycles. The molecule has 1 atom stereocenters. The van der Waals surface area contributed by atoms with E-state index in [4.69, 9.17) is 0 Å². The van der Waals surface area contributed by atoms with Crippen molar-refractivity contribution in [3.63, 3.8) is 0 Å². The van der Waals surface area contributed by atoms with Crippen molar-refractivity contribution < 1.29 is 9.59 Å². The average molecular weight is 347 g/mol. The Morgan fingerprint density at radius 1 is 0.769 bits per heavy atom. The molecule has 3 rings (SSSR count). The summed E-state index contributed by atoms with van der Waals surface area (Å²) < 4.78 is 0. The second-order valence-corrected chi connectivity index (χ2v) is 6.18. The molecular formula is C21H21N3O2. The van der Waals surface area contributed by atoms with Crippen molar-refractivity contribution in [2.45, 2.75) is 19.9 Å². The number of fused-ring (bicyclic) bond motifs is 1. The van der Waals surface area contributed by atoms with Gasteiger partial charge in [-0.25, -0.2) is 0 Å². The first-order chi connectivity index (χ1) is 12.5. The number of benzene rings is 3. The lowest BCUT2D eigenvalue weighted by Gasteiger charge is -2.16. The van der Waals surface area contributed by atoms with Gasteiger partial charge in [-0.2, -0.15) is 0 Å². The van der Waals surface area contributed by atoms with E-state index in [1.807, 2.05) is 54.6 Å². The molecule has 0 bridgehead atoms. The summed E-state index contributed by atoms with van der Waals surface area (Å²) in [4.78, 5) is 23.5. The van der Waals surface area contributed by atoms with Gasteiger partial charge in [-0.15, -0.1) is 0 Å². The molecule has 0 saturated heterocycles. The molecular weight excluding hydrogens is 326 g/mol. The van der Waals surface area contributed by atoms with Crippen molar-refractivity contribution in [2.24, 2.45) is 0 Å². The van der Waals surface area contributed by atoms with Crippen molar-refractivity contribution in [1.82, 2.24) is 0 Å². The van der Waals surface area contributed by atoms with Gasteiger partial charge in [-0.05, 0) is 54.1 Å². The second-order valence-electron chi connectivity index (χ2n) is 6.18. The zero-order chi connectivity index (χ0) is 18.5. The van der Waals surface area contributed by atoms with Crippen LogP contribution in [0.3, 0.4) is 0 Å². The predicted octanol–water partition coefficient (Wildman–Crippen LogP) is 4.24. The van der Waals surface area contributed by atoms with Gasteiger partial charge in [0.1, 0.15) is 6.04 Å². The van der Waals surface area contributed by atoms with Crippen molar-refractivity contribution in [3.8, 4) is 0 Å². The molecule has 132 valence electrons. The van der Waals surface area contributed by atoms with Crippen molar-refractivity contribution in [3.05, 3.63) is 66.7 Å². The quantitative estimate of drug-likeness (QED) is 0.646. The van der Waals surface area contributed by atoms with Crippen LogP contribution in [0.15, 0.2) is 66.7 Å². The third-order valence-electron chi connectivity index (χ3n) is 4.00. The van der Waals surface area contributed by atoms with Crippen LogP contribution in [0.2, 0.25) is 0 Å². The van der Waals surface area contributed by atoms with Gasteiger partial charge in [0.25, 0.3) is 0 Å². The summed E-state index contributed by atoms with van der Waals surface area (Å²) in [7, 11) is 0. The number of hydrogen-bond donors (Lipinski definition) is 3. The van der Waals surface area contributed by atoms with E-state index >= 15 is 0 Å². The van der Waals surface area contributed by atoms with Crippen LogP contribution in [0.25, 0.3) is 10.8 Å². The Morgan fingerprint density at radius 2 is 1.38 bits per heavy atom. The van der Waals surface area contributed by atoms with Crippen LogP contribution < -0.4 is 16.0 Å². The topological polar surface area (TPSA) is 70.2 Å². The number of anilines is 3. The maximum atomic E-state index is 12.4. The molecule has 0 radical (unpaired) electrons. The maximum Gasteiger partial charge on any atom is 0.246 e. The number of hydrogen-bond acceptors (Lipinski definition) is 3. The molecule has 0 fully saturated rings. The van der Waals surface area contributed by atoms with E-state index in [9.17, 15) is 9.59 Å². The fraction of sp³-hybridized carbons (Fsp3) is 0.143. The van der Waals surface area contributed by atoms with Gasteiger partial charge >= 0.3 is 0 Å². The first-order valence-corrected chi connectivity index (χ1v) is 8.45. The first-order valence-electron chi connectivity index (χ1n) is 8.45. The Hall–Kier alpha value is -3.34. The summed E-state index contributed by atoms with van der Waals surface area (Å²) >= 11 is 0. The van der Waals surface area contributed by atoms with E-state index in [1.54, 1.807) is 19.1 Å². The number of rotatable bonds is 5. The van der Waals surface area contributed by atoms with E-state index in [0.29, 0.717) is 0 Å². The van der Waals surface area contributed by atoms with Gasteiger partial charge in [0.2, 0.25) is 11.8 Å². The molecule has 0 spiro atoms. The van der Waals surface area contributed by atoms with Crippen molar-refractivity contribution in [2.75, 3.05) is 16.0 Å². The predicted molar refractivity (Wildman–Crippen MR) is 106 cm³/mol. The Labute approximate surface area is 152 Å². The molecule has 0 aliphatic rings. The second kappa shape index (κ2) is 7.70. The Kier molecular flexibility index (Phi) is 5.17.